The van der Waals surface area contributed by atoms with Gasteiger partial charge < -0.3 is 4.90 Å². The lowest BCUT2D eigenvalue weighted by atomic mass is 10.1. The van der Waals surface area contributed by atoms with Crippen LogP contribution in [0.4, 0.5) is 4.79 Å². The summed E-state index contributed by atoms with van der Waals surface area (Å²) in [5, 5.41) is 1.99. The number of rotatable bonds is 3. The third-order valence-electron chi connectivity index (χ3n) is 3.91. The van der Waals surface area contributed by atoms with Crippen LogP contribution in [0.5, 0.6) is 0 Å². The zero-order chi connectivity index (χ0) is 15.9. The van der Waals surface area contributed by atoms with Gasteiger partial charge in [0, 0.05) is 24.5 Å². The van der Waals surface area contributed by atoms with Crippen molar-refractivity contribution in [2.75, 3.05) is 19.6 Å². The Bertz CT molecular complexity index is 669. The first-order valence-corrected chi connectivity index (χ1v) is 7.91. The van der Waals surface area contributed by atoms with Gasteiger partial charge in [0.25, 0.3) is 0 Å². The number of nitrogens with zero attached hydrogens (tertiary/aromatic N) is 3. The summed E-state index contributed by atoms with van der Waals surface area (Å²) in [6.45, 7) is 2.40. The van der Waals surface area contributed by atoms with E-state index >= 15 is 0 Å². The number of carbonyl (C=O) groups excluding carboxylic acids is 4. The molecule has 0 atom stereocenters. The van der Waals surface area contributed by atoms with E-state index in [-0.39, 0.29) is 19.0 Å². The number of fused-ring (bicyclic) bond motifs is 1. The molecule has 22 heavy (non-hydrogen) atoms. The summed E-state index contributed by atoms with van der Waals surface area (Å²) in [7, 11) is 0. The van der Waals surface area contributed by atoms with Gasteiger partial charge in [0.15, 0.2) is 0 Å². The van der Waals surface area contributed by atoms with E-state index in [4.69, 9.17) is 0 Å². The van der Waals surface area contributed by atoms with Gasteiger partial charge in [-0.3, -0.25) is 19.3 Å². The second kappa shape index (κ2) is 5.53. The highest BCUT2D eigenvalue weighted by Crippen LogP contribution is 2.24. The highest BCUT2D eigenvalue weighted by molar-refractivity contribution is 7.10. The van der Waals surface area contributed by atoms with Crippen LogP contribution in [-0.2, 0) is 27.3 Å². The monoisotopic (exact) mass is 321 g/mol. The maximum Gasteiger partial charge on any atom is 0.334 e. The summed E-state index contributed by atoms with van der Waals surface area (Å²) >= 11 is 1.67. The van der Waals surface area contributed by atoms with Crippen LogP contribution < -0.4 is 0 Å². The average molecular weight is 321 g/mol. The molecule has 7 nitrogen and oxygen atoms in total. The van der Waals surface area contributed by atoms with E-state index in [0.29, 0.717) is 13.1 Å². The molecule has 0 spiro atoms. The highest BCUT2D eigenvalue weighted by atomic mass is 32.1. The molecule has 3 rings (SSSR count). The summed E-state index contributed by atoms with van der Waals surface area (Å²) in [5.74, 6) is -2.10. The van der Waals surface area contributed by atoms with Gasteiger partial charge in [0.2, 0.25) is 5.91 Å². The first-order chi connectivity index (χ1) is 10.5. The largest absolute Gasteiger partial charge is 0.336 e. The molecule has 0 saturated carbocycles. The highest BCUT2D eigenvalue weighted by Gasteiger charge is 2.44. The van der Waals surface area contributed by atoms with Gasteiger partial charge in [0.1, 0.15) is 6.54 Å². The maximum atomic E-state index is 12.3. The second-order valence-corrected chi connectivity index (χ2v) is 6.16. The minimum Gasteiger partial charge on any atom is -0.336 e. The van der Waals surface area contributed by atoms with Gasteiger partial charge >= 0.3 is 17.8 Å². The molecule has 2 aliphatic rings. The van der Waals surface area contributed by atoms with E-state index in [1.807, 2.05) is 11.4 Å². The van der Waals surface area contributed by atoms with E-state index < -0.39 is 17.8 Å². The molecule has 0 aliphatic carbocycles. The van der Waals surface area contributed by atoms with Crippen molar-refractivity contribution in [1.82, 2.24) is 14.7 Å². The number of urea groups is 1. The van der Waals surface area contributed by atoms with Crippen LogP contribution in [0, 0.1) is 0 Å². The number of carbonyl (C=O) groups is 4. The fraction of sp³-hybridized carbons (Fsp3) is 0.429. The van der Waals surface area contributed by atoms with Crippen LogP contribution in [0.15, 0.2) is 11.4 Å². The lowest BCUT2D eigenvalue weighted by Gasteiger charge is -2.28. The summed E-state index contributed by atoms with van der Waals surface area (Å²) in [6, 6.07) is 1.27. The molecule has 5 amide bonds. The molecule has 1 saturated heterocycles. The van der Waals surface area contributed by atoms with Crippen LogP contribution in [-0.4, -0.2) is 58.1 Å². The van der Waals surface area contributed by atoms with Gasteiger partial charge in [-0.05, 0) is 30.4 Å². The third kappa shape index (κ3) is 2.29. The van der Waals surface area contributed by atoms with Gasteiger partial charge in [-0.25, -0.2) is 9.69 Å². The quantitative estimate of drug-likeness (QED) is 0.598. The van der Waals surface area contributed by atoms with E-state index in [9.17, 15) is 19.2 Å². The molecule has 0 radical (unpaired) electrons. The molecule has 1 fully saturated rings. The number of amides is 5. The Morgan fingerprint density at radius 2 is 1.95 bits per heavy atom. The van der Waals surface area contributed by atoms with Gasteiger partial charge in [-0.15, -0.1) is 11.3 Å². The van der Waals surface area contributed by atoms with Crippen molar-refractivity contribution in [2.45, 2.75) is 19.9 Å². The topological polar surface area (TPSA) is 78.0 Å². The van der Waals surface area contributed by atoms with Crippen LogP contribution in [0.2, 0.25) is 0 Å². The fourth-order valence-corrected chi connectivity index (χ4v) is 3.55. The van der Waals surface area contributed by atoms with Gasteiger partial charge in [-0.2, -0.15) is 0 Å². The second-order valence-electron chi connectivity index (χ2n) is 5.16. The normalized spacial score (nSPS) is 18.2. The summed E-state index contributed by atoms with van der Waals surface area (Å²) in [6.07, 6.45) is 0.778. The first-order valence-electron chi connectivity index (χ1n) is 7.03. The van der Waals surface area contributed by atoms with Gasteiger partial charge in [0.05, 0.1) is 0 Å². The molecule has 116 valence electrons. The van der Waals surface area contributed by atoms with Crippen LogP contribution >= 0.6 is 11.3 Å². The number of hydrogen-bond donors (Lipinski definition) is 0. The van der Waals surface area contributed by atoms with E-state index in [0.717, 1.165) is 21.8 Å². The van der Waals surface area contributed by atoms with Gasteiger partial charge in [-0.1, -0.05) is 0 Å². The van der Waals surface area contributed by atoms with Crippen LogP contribution in [0.1, 0.15) is 17.4 Å². The molecule has 2 aliphatic heterocycles. The Balaban J connectivity index is 1.69. The molecule has 1 aromatic heterocycles. The smallest absolute Gasteiger partial charge is 0.334 e. The number of hydrogen-bond acceptors (Lipinski definition) is 5. The van der Waals surface area contributed by atoms with Crippen molar-refractivity contribution in [1.29, 1.82) is 0 Å². The van der Waals surface area contributed by atoms with Crippen molar-refractivity contribution in [3.05, 3.63) is 21.9 Å². The Hall–Kier alpha value is -2.22. The minimum atomic E-state index is -0.923. The summed E-state index contributed by atoms with van der Waals surface area (Å²) < 4.78 is 0. The standard InChI is InChI=1S/C14H15N3O4S/c1-2-16-12(19)13(20)17(14(16)21)8-11(18)15-5-3-10-9(7-15)4-6-22-10/h4,6H,2-3,5,7-8H2,1H3. The molecule has 1 aromatic rings. The molecule has 0 N–H and O–H groups in total. The van der Waals surface area contributed by atoms with Crippen LogP contribution in [0.3, 0.4) is 0 Å². The number of imide groups is 2. The molecule has 0 bridgehead atoms. The first kappa shape index (κ1) is 14.7. The average Bonchev–Trinajstić information content (AvgIpc) is 3.05. The van der Waals surface area contributed by atoms with E-state index in [2.05, 4.69) is 0 Å². The molecule has 8 heteroatoms. The van der Waals surface area contributed by atoms with Crippen molar-refractivity contribution in [3.8, 4) is 0 Å². The zero-order valence-electron chi connectivity index (χ0n) is 12.1. The molecular formula is C14H15N3O4S. The lowest BCUT2D eigenvalue weighted by molar-refractivity contribution is -0.145. The number of thiophene rings is 1. The Kier molecular flexibility index (Phi) is 3.69. The maximum absolute atomic E-state index is 12.3. The predicted octanol–water partition coefficient (Wildman–Crippen LogP) is 0.443. The number of likely N-dealkylation sites (N-methyl/N-ethyl adjacent to an activating group) is 1. The SMILES string of the molecule is CCN1C(=O)C(=O)N(CC(=O)N2CCc3sccc3C2)C1=O. The van der Waals surface area contributed by atoms with Crippen molar-refractivity contribution < 1.29 is 19.2 Å². The zero-order valence-corrected chi connectivity index (χ0v) is 12.9. The fourth-order valence-electron chi connectivity index (χ4n) is 2.67. The van der Waals surface area contributed by atoms with E-state index in [1.165, 1.54) is 4.88 Å². The summed E-state index contributed by atoms with van der Waals surface area (Å²) in [4.78, 5) is 52.2. The van der Waals surface area contributed by atoms with Crippen molar-refractivity contribution in [3.63, 3.8) is 0 Å². The predicted molar refractivity (Wildman–Crippen MR) is 77.9 cm³/mol. The third-order valence-corrected chi connectivity index (χ3v) is 4.93. The molecule has 3 heterocycles. The Morgan fingerprint density at radius 3 is 2.64 bits per heavy atom. The van der Waals surface area contributed by atoms with E-state index in [1.54, 1.807) is 23.2 Å². The van der Waals surface area contributed by atoms with Crippen molar-refractivity contribution in [2.24, 2.45) is 0 Å². The Labute approximate surface area is 131 Å². The molecule has 0 unspecified atom stereocenters. The summed E-state index contributed by atoms with van der Waals surface area (Å²) in [5.41, 5.74) is 1.11. The van der Waals surface area contributed by atoms with Crippen LogP contribution in [0.25, 0.3) is 0 Å². The minimum absolute atomic E-state index is 0.121. The molecule has 0 aromatic carbocycles. The van der Waals surface area contributed by atoms with Crippen molar-refractivity contribution >= 4 is 35.1 Å². The molecular weight excluding hydrogens is 306 g/mol. The Morgan fingerprint density at radius 1 is 1.23 bits per heavy atom. The lowest BCUT2D eigenvalue weighted by Crippen LogP contribution is -2.44.